The number of nitrogen functional groups attached to an aromatic ring is 1. The molecule has 0 aromatic heterocycles. The van der Waals surface area contributed by atoms with E-state index in [0.29, 0.717) is 16.8 Å². The minimum Gasteiger partial charge on any atom is -0.399 e. The first-order valence-electron chi connectivity index (χ1n) is 6.19. The largest absolute Gasteiger partial charge is 0.399 e. The summed E-state index contributed by atoms with van der Waals surface area (Å²) >= 11 is 0. The summed E-state index contributed by atoms with van der Waals surface area (Å²) in [6, 6.07) is 4.37. The maximum absolute atomic E-state index is 11.8. The summed E-state index contributed by atoms with van der Waals surface area (Å²) < 4.78 is 47.0. The van der Waals surface area contributed by atoms with Crippen LogP contribution in [0.4, 0.5) is 5.69 Å². The Hall–Kier alpha value is -1.16. The number of benzene rings is 1. The van der Waals surface area contributed by atoms with E-state index in [1.807, 2.05) is 0 Å². The number of aliphatic hydroxyl groups excluding tert-OH is 2. The molecule has 0 aliphatic carbocycles. The summed E-state index contributed by atoms with van der Waals surface area (Å²) in [6.45, 7) is -0.988. The smallest absolute Gasteiger partial charge is 0.156 e. The van der Waals surface area contributed by atoms with Crippen molar-refractivity contribution in [1.29, 1.82) is 0 Å². The average molecular weight is 337 g/mol. The number of anilines is 1. The molecule has 9 heteroatoms. The Labute approximate surface area is 124 Å². The third-order valence-electron chi connectivity index (χ3n) is 2.79. The van der Waals surface area contributed by atoms with Gasteiger partial charge in [0.15, 0.2) is 19.7 Å². The first kappa shape index (κ1) is 17.9. The van der Waals surface area contributed by atoms with Gasteiger partial charge in [0, 0.05) is 5.69 Å². The first-order valence-corrected chi connectivity index (χ1v) is 9.83. The van der Waals surface area contributed by atoms with Gasteiger partial charge in [0.2, 0.25) is 0 Å². The molecule has 1 aromatic rings. The van der Waals surface area contributed by atoms with Gasteiger partial charge in [-0.2, -0.15) is 0 Å². The van der Waals surface area contributed by atoms with Gasteiger partial charge in [-0.25, -0.2) is 16.8 Å². The van der Waals surface area contributed by atoms with Crippen LogP contribution < -0.4 is 5.73 Å². The van der Waals surface area contributed by atoms with Gasteiger partial charge in [-0.3, -0.25) is 0 Å². The molecular formula is C12H19NO6S2. The van der Waals surface area contributed by atoms with E-state index in [4.69, 9.17) is 15.9 Å². The van der Waals surface area contributed by atoms with E-state index in [9.17, 15) is 16.8 Å². The number of nitrogens with two attached hydrogens (primary N) is 1. The number of rotatable bonds is 8. The lowest BCUT2D eigenvalue weighted by molar-refractivity contribution is 0.319. The van der Waals surface area contributed by atoms with Crippen molar-refractivity contribution in [3.05, 3.63) is 29.3 Å². The fraction of sp³-hybridized carbons (Fsp3) is 0.500. The van der Waals surface area contributed by atoms with E-state index in [1.165, 1.54) is 18.2 Å². The van der Waals surface area contributed by atoms with Crippen LogP contribution in [0.25, 0.3) is 0 Å². The second-order valence-corrected chi connectivity index (χ2v) is 9.03. The topological polar surface area (TPSA) is 135 Å². The Balaban J connectivity index is 3.12. The van der Waals surface area contributed by atoms with Crippen LogP contribution in [0.5, 0.6) is 0 Å². The van der Waals surface area contributed by atoms with Crippen LogP contribution in [0, 0.1) is 0 Å². The monoisotopic (exact) mass is 337 g/mol. The Bertz CT molecular complexity index is 682. The van der Waals surface area contributed by atoms with Crippen molar-refractivity contribution in [3.63, 3.8) is 0 Å². The lowest BCUT2D eigenvalue weighted by Crippen LogP contribution is -2.16. The molecule has 0 fully saturated rings. The minimum absolute atomic E-state index is 0.296. The van der Waals surface area contributed by atoms with Crippen molar-refractivity contribution in [2.45, 2.75) is 11.5 Å². The van der Waals surface area contributed by atoms with Crippen LogP contribution in [0.3, 0.4) is 0 Å². The van der Waals surface area contributed by atoms with Crippen LogP contribution in [-0.2, 0) is 31.2 Å². The SMILES string of the molecule is Nc1ccc(CS(=O)(=O)CCO)c(CS(=O)(=O)CCO)c1. The lowest BCUT2D eigenvalue weighted by atomic mass is 10.1. The predicted octanol–water partition coefficient (Wildman–Crippen LogP) is -0.917. The molecule has 0 radical (unpaired) electrons. The van der Waals surface area contributed by atoms with E-state index in [0.717, 1.165) is 0 Å². The third kappa shape index (κ3) is 6.00. The van der Waals surface area contributed by atoms with Crippen LogP contribution in [-0.4, -0.2) is 51.8 Å². The summed E-state index contributed by atoms with van der Waals surface area (Å²) in [6.07, 6.45) is 0. The fourth-order valence-corrected chi connectivity index (χ4v) is 4.16. The van der Waals surface area contributed by atoms with Crippen molar-refractivity contribution < 1.29 is 27.0 Å². The molecule has 0 saturated carbocycles. The predicted molar refractivity (Wildman–Crippen MR) is 80.0 cm³/mol. The summed E-state index contributed by atoms with van der Waals surface area (Å²) in [4.78, 5) is 0. The summed E-state index contributed by atoms with van der Waals surface area (Å²) in [7, 11) is -7.06. The molecule has 0 atom stereocenters. The lowest BCUT2D eigenvalue weighted by Gasteiger charge is -2.11. The molecule has 4 N–H and O–H groups in total. The van der Waals surface area contributed by atoms with Gasteiger partial charge in [-0.1, -0.05) is 6.07 Å². The minimum atomic E-state index is -3.54. The van der Waals surface area contributed by atoms with E-state index in [-0.39, 0.29) is 17.3 Å². The van der Waals surface area contributed by atoms with Crippen LogP contribution >= 0.6 is 0 Å². The number of sulfone groups is 2. The van der Waals surface area contributed by atoms with Crippen LogP contribution in [0.2, 0.25) is 0 Å². The normalized spacial score (nSPS) is 12.5. The van der Waals surface area contributed by atoms with Crippen molar-refractivity contribution in [1.82, 2.24) is 0 Å². The molecule has 0 saturated heterocycles. The highest BCUT2D eigenvalue weighted by Gasteiger charge is 2.18. The zero-order valence-corrected chi connectivity index (χ0v) is 13.0. The van der Waals surface area contributed by atoms with E-state index in [1.54, 1.807) is 0 Å². The number of aliphatic hydroxyl groups is 2. The van der Waals surface area contributed by atoms with Crippen molar-refractivity contribution >= 4 is 25.4 Å². The zero-order valence-electron chi connectivity index (χ0n) is 11.4. The second kappa shape index (κ2) is 7.21. The van der Waals surface area contributed by atoms with Gasteiger partial charge < -0.3 is 15.9 Å². The molecule has 0 aliphatic heterocycles. The fourth-order valence-electron chi connectivity index (χ4n) is 1.82. The van der Waals surface area contributed by atoms with Crippen molar-refractivity contribution in [2.24, 2.45) is 0 Å². The molecule has 7 nitrogen and oxygen atoms in total. The molecule has 0 unspecified atom stereocenters. The van der Waals surface area contributed by atoms with Gasteiger partial charge in [0.1, 0.15) is 0 Å². The Kier molecular flexibility index (Phi) is 6.14. The quantitative estimate of drug-likeness (QED) is 0.522. The van der Waals surface area contributed by atoms with Gasteiger partial charge in [0.25, 0.3) is 0 Å². The molecular weight excluding hydrogens is 318 g/mol. The summed E-state index contributed by atoms with van der Waals surface area (Å²) in [5.41, 5.74) is 6.56. The Morgan fingerprint density at radius 3 is 1.81 bits per heavy atom. The second-order valence-electron chi connectivity index (χ2n) is 4.66. The molecule has 0 spiro atoms. The highest BCUT2D eigenvalue weighted by Crippen LogP contribution is 2.19. The molecule has 0 amide bonds. The molecule has 1 rings (SSSR count). The highest BCUT2D eigenvalue weighted by atomic mass is 32.2. The van der Waals surface area contributed by atoms with Gasteiger partial charge in [-0.05, 0) is 23.3 Å². The number of hydrogen-bond donors (Lipinski definition) is 3. The summed E-state index contributed by atoms with van der Waals surface area (Å²) in [5, 5.41) is 17.5. The third-order valence-corrected chi connectivity index (χ3v) is 5.90. The van der Waals surface area contributed by atoms with E-state index in [2.05, 4.69) is 0 Å². The van der Waals surface area contributed by atoms with Crippen LogP contribution in [0.15, 0.2) is 18.2 Å². The van der Waals surface area contributed by atoms with E-state index >= 15 is 0 Å². The number of hydrogen-bond acceptors (Lipinski definition) is 7. The first-order chi connectivity index (χ1) is 9.69. The summed E-state index contributed by atoms with van der Waals surface area (Å²) in [5.74, 6) is -1.54. The van der Waals surface area contributed by atoms with Crippen molar-refractivity contribution in [2.75, 3.05) is 30.5 Å². The van der Waals surface area contributed by atoms with E-state index < -0.39 is 38.6 Å². The molecule has 0 bridgehead atoms. The Morgan fingerprint density at radius 1 is 0.857 bits per heavy atom. The molecule has 1 aromatic carbocycles. The maximum atomic E-state index is 11.8. The van der Waals surface area contributed by atoms with Gasteiger partial charge >= 0.3 is 0 Å². The van der Waals surface area contributed by atoms with Crippen LogP contribution in [0.1, 0.15) is 11.1 Å². The molecule has 120 valence electrons. The zero-order chi connectivity index (χ0) is 16.1. The molecule has 0 aliphatic rings. The van der Waals surface area contributed by atoms with Crippen molar-refractivity contribution in [3.8, 4) is 0 Å². The standard InChI is InChI=1S/C12H19NO6S2/c13-12-2-1-10(8-20(16,17)5-3-14)11(7-12)9-21(18,19)6-4-15/h1-2,7,14-15H,3-6,8-9,13H2. The molecule has 21 heavy (non-hydrogen) atoms. The highest BCUT2D eigenvalue weighted by molar-refractivity contribution is 7.91. The average Bonchev–Trinajstić information content (AvgIpc) is 2.31. The van der Waals surface area contributed by atoms with Gasteiger partial charge in [0.05, 0.1) is 36.2 Å². The van der Waals surface area contributed by atoms with Gasteiger partial charge in [-0.15, -0.1) is 0 Å². The Morgan fingerprint density at radius 2 is 1.33 bits per heavy atom. The molecule has 0 heterocycles. The maximum Gasteiger partial charge on any atom is 0.156 e.